The number of hydrogen-bond acceptors (Lipinski definition) is 2. The van der Waals surface area contributed by atoms with Crippen molar-refractivity contribution in [1.29, 1.82) is 0 Å². The van der Waals surface area contributed by atoms with Crippen LogP contribution >= 0.6 is 0 Å². The number of unbranched alkanes of at least 4 members (excludes halogenated alkanes) is 52. The van der Waals surface area contributed by atoms with Gasteiger partial charge in [0.2, 0.25) is 0 Å². The molecule has 0 aromatic rings. The van der Waals surface area contributed by atoms with Crippen LogP contribution in [0.1, 0.15) is 373 Å². The van der Waals surface area contributed by atoms with Crippen LogP contribution in [0.2, 0.25) is 0 Å². The summed E-state index contributed by atoms with van der Waals surface area (Å²) in [7, 11) is 0. The molecule has 0 aliphatic heterocycles. The zero-order valence-corrected chi connectivity index (χ0v) is 44.8. The van der Waals surface area contributed by atoms with E-state index in [1.807, 2.05) is 0 Å². The Morgan fingerprint density at radius 3 is 0.672 bits per heavy atom. The van der Waals surface area contributed by atoms with Gasteiger partial charge in [-0.15, -0.1) is 0 Å². The van der Waals surface area contributed by atoms with E-state index in [9.17, 15) is 4.79 Å². The van der Waals surface area contributed by atoms with E-state index in [1.165, 1.54) is 340 Å². The molecule has 0 fully saturated rings. The first-order valence-corrected chi connectivity index (χ1v) is 30.6. The first-order chi connectivity index (χ1) is 31.8. The van der Waals surface area contributed by atoms with E-state index in [0.29, 0.717) is 13.0 Å². The summed E-state index contributed by atoms with van der Waals surface area (Å²) in [5.41, 5.74) is 0. The number of hydrogen-bond donors (Lipinski definition) is 0. The van der Waals surface area contributed by atoms with Gasteiger partial charge in [-0.25, -0.2) is 0 Å². The van der Waals surface area contributed by atoms with Crippen molar-refractivity contribution in [2.24, 2.45) is 0 Å². The normalized spacial score (nSPS) is 11.7. The SMILES string of the molecule is CCCCCCCCC=CCCCCCCCCCCCC(=O)OCCCCCCCCCCCCCCCCCCCCCCCCCCCCCCCCCCCCCCCC. The number of carbonyl (C=O) groups is 1. The summed E-state index contributed by atoms with van der Waals surface area (Å²) < 4.78 is 5.51. The van der Waals surface area contributed by atoms with Gasteiger partial charge in [-0.05, 0) is 38.5 Å². The summed E-state index contributed by atoms with van der Waals surface area (Å²) in [6, 6.07) is 0. The maximum Gasteiger partial charge on any atom is 0.305 e. The molecule has 0 radical (unpaired) electrons. The molecule has 0 unspecified atom stereocenters. The zero-order chi connectivity index (χ0) is 46.0. The van der Waals surface area contributed by atoms with E-state index >= 15 is 0 Å². The van der Waals surface area contributed by atoms with Gasteiger partial charge in [-0.2, -0.15) is 0 Å². The van der Waals surface area contributed by atoms with Gasteiger partial charge in [0, 0.05) is 6.42 Å². The van der Waals surface area contributed by atoms with Crippen LogP contribution in [0.3, 0.4) is 0 Å². The maximum atomic E-state index is 12.1. The maximum absolute atomic E-state index is 12.1. The first kappa shape index (κ1) is 63.2. The third-order valence-electron chi connectivity index (χ3n) is 14.4. The van der Waals surface area contributed by atoms with Crippen molar-refractivity contribution in [3.63, 3.8) is 0 Å². The molecule has 2 nitrogen and oxygen atoms in total. The van der Waals surface area contributed by atoms with Crippen LogP contribution in [-0.2, 0) is 9.53 Å². The number of rotatable bonds is 58. The van der Waals surface area contributed by atoms with Gasteiger partial charge in [-0.1, -0.05) is 341 Å². The molecule has 0 rings (SSSR count). The van der Waals surface area contributed by atoms with Gasteiger partial charge in [0.25, 0.3) is 0 Å². The Morgan fingerprint density at radius 1 is 0.250 bits per heavy atom. The van der Waals surface area contributed by atoms with Crippen molar-refractivity contribution < 1.29 is 9.53 Å². The molecule has 0 N–H and O–H groups in total. The summed E-state index contributed by atoms with van der Waals surface area (Å²) in [6.45, 7) is 5.23. The summed E-state index contributed by atoms with van der Waals surface area (Å²) in [4.78, 5) is 12.1. The molecule has 0 aromatic carbocycles. The largest absolute Gasteiger partial charge is 0.466 e. The van der Waals surface area contributed by atoms with Crippen LogP contribution in [0.5, 0.6) is 0 Å². The third-order valence-corrected chi connectivity index (χ3v) is 14.4. The van der Waals surface area contributed by atoms with Gasteiger partial charge in [0.1, 0.15) is 0 Å². The van der Waals surface area contributed by atoms with Crippen LogP contribution in [0.25, 0.3) is 0 Å². The second kappa shape index (κ2) is 60.2. The fourth-order valence-corrected chi connectivity index (χ4v) is 9.84. The van der Waals surface area contributed by atoms with Crippen LogP contribution in [0, 0.1) is 0 Å². The van der Waals surface area contributed by atoms with Gasteiger partial charge in [0.05, 0.1) is 6.61 Å². The van der Waals surface area contributed by atoms with Crippen molar-refractivity contribution in [3.05, 3.63) is 12.2 Å². The highest BCUT2D eigenvalue weighted by molar-refractivity contribution is 5.69. The lowest BCUT2D eigenvalue weighted by atomic mass is 10.0. The van der Waals surface area contributed by atoms with E-state index in [2.05, 4.69) is 26.0 Å². The molecular weight excluding hydrogens is 777 g/mol. The average Bonchev–Trinajstić information content (AvgIpc) is 3.30. The van der Waals surface area contributed by atoms with Crippen molar-refractivity contribution in [2.45, 2.75) is 373 Å². The summed E-state index contributed by atoms with van der Waals surface area (Å²) in [5, 5.41) is 0. The molecule has 2 heteroatoms. The topological polar surface area (TPSA) is 26.3 Å². The molecule has 0 aromatic heterocycles. The Balaban J connectivity index is 3.14. The van der Waals surface area contributed by atoms with E-state index < -0.39 is 0 Å². The first-order valence-electron chi connectivity index (χ1n) is 30.6. The number of esters is 1. The van der Waals surface area contributed by atoms with Gasteiger partial charge < -0.3 is 4.74 Å². The minimum Gasteiger partial charge on any atom is -0.466 e. The number of allylic oxidation sites excluding steroid dienone is 2. The molecular formula is C62H122O2. The molecule has 382 valence electrons. The fourth-order valence-electron chi connectivity index (χ4n) is 9.84. The Kier molecular flexibility index (Phi) is 59.5. The average molecular weight is 900 g/mol. The molecule has 64 heavy (non-hydrogen) atoms. The predicted molar refractivity (Wildman–Crippen MR) is 290 cm³/mol. The smallest absolute Gasteiger partial charge is 0.305 e. The van der Waals surface area contributed by atoms with E-state index in [1.54, 1.807) is 0 Å². The minimum absolute atomic E-state index is 0.0302. The number of carbonyl (C=O) groups excluding carboxylic acids is 1. The lowest BCUT2D eigenvalue weighted by Crippen LogP contribution is -2.05. The van der Waals surface area contributed by atoms with Crippen LogP contribution in [0.4, 0.5) is 0 Å². The molecule has 0 heterocycles. The quantitative estimate of drug-likeness (QED) is 0.0345. The standard InChI is InChI=1S/C62H122O2/c1-3-5-7-9-11-13-15-17-19-21-23-24-25-26-27-28-29-30-31-32-33-34-35-36-37-38-39-40-41-43-45-47-49-51-53-55-57-59-61-64-62(63)60-58-56-54-52-50-48-46-44-42-22-20-18-16-14-12-10-8-6-4-2/h18,20H,3-17,19,21-61H2,1-2H3. The van der Waals surface area contributed by atoms with Crippen molar-refractivity contribution >= 4 is 5.97 Å². The van der Waals surface area contributed by atoms with E-state index in [4.69, 9.17) is 4.74 Å². The van der Waals surface area contributed by atoms with E-state index in [-0.39, 0.29) is 5.97 Å². The van der Waals surface area contributed by atoms with Crippen molar-refractivity contribution in [1.82, 2.24) is 0 Å². The van der Waals surface area contributed by atoms with Crippen LogP contribution < -0.4 is 0 Å². The summed E-state index contributed by atoms with van der Waals surface area (Å²) >= 11 is 0. The predicted octanol–water partition coefficient (Wildman–Crippen LogP) is 23.0. The molecule has 0 spiro atoms. The van der Waals surface area contributed by atoms with Crippen molar-refractivity contribution in [2.75, 3.05) is 6.61 Å². The monoisotopic (exact) mass is 899 g/mol. The molecule has 0 saturated heterocycles. The molecule has 0 atom stereocenters. The van der Waals surface area contributed by atoms with Crippen molar-refractivity contribution in [3.8, 4) is 0 Å². The van der Waals surface area contributed by atoms with Crippen LogP contribution in [-0.4, -0.2) is 12.6 Å². The molecule has 0 amide bonds. The number of ether oxygens (including phenoxy) is 1. The second-order valence-electron chi connectivity index (χ2n) is 21.1. The van der Waals surface area contributed by atoms with E-state index in [0.717, 1.165) is 12.8 Å². The van der Waals surface area contributed by atoms with Gasteiger partial charge in [0.15, 0.2) is 0 Å². The summed E-state index contributed by atoms with van der Waals surface area (Å²) in [6.07, 6.45) is 82.8. The highest BCUT2D eigenvalue weighted by Crippen LogP contribution is 2.19. The minimum atomic E-state index is 0.0302. The lowest BCUT2D eigenvalue weighted by molar-refractivity contribution is -0.143. The van der Waals surface area contributed by atoms with Crippen LogP contribution in [0.15, 0.2) is 12.2 Å². The fraction of sp³-hybridized carbons (Fsp3) is 0.952. The molecule has 0 aliphatic rings. The Labute approximate surface area is 406 Å². The Bertz CT molecular complexity index is 848. The highest BCUT2D eigenvalue weighted by atomic mass is 16.5. The molecule has 0 aliphatic carbocycles. The third kappa shape index (κ3) is 59.2. The zero-order valence-electron chi connectivity index (χ0n) is 44.8. The molecule has 0 saturated carbocycles. The summed E-state index contributed by atoms with van der Waals surface area (Å²) in [5.74, 6) is 0.0302. The molecule has 0 bridgehead atoms. The van der Waals surface area contributed by atoms with Gasteiger partial charge >= 0.3 is 5.97 Å². The Morgan fingerprint density at radius 2 is 0.438 bits per heavy atom. The second-order valence-corrected chi connectivity index (χ2v) is 21.1. The lowest BCUT2D eigenvalue weighted by Gasteiger charge is -2.06. The highest BCUT2D eigenvalue weighted by Gasteiger charge is 2.03. The Hall–Kier alpha value is -0.790. The van der Waals surface area contributed by atoms with Gasteiger partial charge in [-0.3, -0.25) is 4.79 Å².